The van der Waals surface area contributed by atoms with E-state index in [0.29, 0.717) is 24.2 Å². The average Bonchev–Trinajstić information content (AvgIpc) is 2.48. The van der Waals surface area contributed by atoms with Crippen molar-refractivity contribution < 1.29 is 0 Å². The summed E-state index contributed by atoms with van der Waals surface area (Å²) in [7, 11) is 0. The molecule has 2 nitrogen and oxygen atoms in total. The van der Waals surface area contributed by atoms with E-state index in [1.165, 1.54) is 0 Å². The van der Waals surface area contributed by atoms with E-state index in [9.17, 15) is 0 Å². The van der Waals surface area contributed by atoms with Crippen molar-refractivity contribution in [3.05, 3.63) is 0 Å². The normalized spacial score (nSPS) is 10.1. The third-order valence-corrected chi connectivity index (χ3v) is 3.61. The zero-order chi connectivity index (χ0) is 19.4. The molecule has 0 bridgehead atoms. The minimum Gasteiger partial charge on any atom is -0.316 e. The van der Waals surface area contributed by atoms with Crippen LogP contribution in [0, 0.1) is 49.0 Å². The summed E-state index contributed by atoms with van der Waals surface area (Å²) in [6, 6.07) is 1.56. The van der Waals surface area contributed by atoms with Crippen molar-refractivity contribution >= 4 is 13.7 Å². The van der Waals surface area contributed by atoms with Crippen LogP contribution in [0.5, 0.6) is 0 Å². The average molecular weight is 322 g/mol. The van der Waals surface area contributed by atoms with Crippen LogP contribution in [-0.4, -0.2) is 47.5 Å². The predicted octanol–water partition coefficient (Wildman–Crippen LogP) is 2.88. The summed E-state index contributed by atoms with van der Waals surface area (Å²) in [6.45, 7) is 16.4. The van der Waals surface area contributed by atoms with Gasteiger partial charge in [-0.05, 0) is 24.2 Å². The molecule has 0 aliphatic heterocycles. The molecule has 0 rings (SSSR count). The van der Waals surface area contributed by atoms with Crippen molar-refractivity contribution in [3.8, 4) is 49.0 Å². The van der Waals surface area contributed by atoms with E-state index < -0.39 is 0 Å². The number of terminal acetylenes is 4. The van der Waals surface area contributed by atoms with Gasteiger partial charge < -0.3 is 9.62 Å². The fourth-order valence-corrected chi connectivity index (χ4v) is 2.83. The molecule has 0 N–H and O–H groups in total. The molecule has 0 saturated carbocycles. The summed E-state index contributed by atoms with van der Waals surface area (Å²) >= 11 is 0. The van der Waals surface area contributed by atoms with Crippen LogP contribution in [0.25, 0.3) is 0 Å². The van der Waals surface area contributed by atoms with E-state index in [4.69, 9.17) is 25.7 Å². The molecule has 0 aromatic heterocycles. The maximum absolute atomic E-state index is 5.33. The molecule has 128 valence electrons. The Balaban J connectivity index is 0. The first-order chi connectivity index (χ1) is 11.1. The molecule has 0 aliphatic carbocycles. The Morgan fingerprint density at radius 3 is 0.708 bits per heavy atom. The molecule has 0 spiro atoms. The quantitative estimate of drug-likeness (QED) is 0.548. The maximum Gasteiger partial charge on any atom is 0.397 e. The number of rotatable bonds is 6. The Kier molecular flexibility index (Phi) is 13.0. The van der Waals surface area contributed by atoms with Crippen molar-refractivity contribution in [2.75, 3.05) is 0 Å². The van der Waals surface area contributed by atoms with Crippen LogP contribution in [0.15, 0.2) is 0 Å². The molecular weight excluding hydrogens is 290 g/mol. The highest BCUT2D eigenvalue weighted by atomic mass is 15.1. The Morgan fingerprint density at radius 2 is 0.667 bits per heavy atom. The zero-order valence-corrected chi connectivity index (χ0v) is 16.7. The molecule has 0 unspecified atom stereocenters. The Morgan fingerprint density at radius 1 is 0.500 bits per heavy atom. The van der Waals surface area contributed by atoms with Gasteiger partial charge in [0.25, 0.3) is 0 Å². The molecule has 4 heteroatoms. The highest BCUT2D eigenvalue weighted by Crippen LogP contribution is 2.07. The summed E-state index contributed by atoms with van der Waals surface area (Å²) < 4.78 is 0. The second-order valence-corrected chi connectivity index (χ2v) is 6.74. The largest absolute Gasteiger partial charge is 0.397 e. The van der Waals surface area contributed by atoms with Crippen LogP contribution < -0.4 is 0 Å². The second-order valence-electron chi connectivity index (χ2n) is 6.74. The lowest BCUT2D eigenvalue weighted by molar-refractivity contribution is 0.310. The lowest BCUT2D eigenvalue weighted by atomic mass is 9.61. The summed E-state index contributed by atoms with van der Waals surface area (Å²) in [6.07, 6.45) is 21.3. The molecule has 0 atom stereocenters. The SMILES string of the molecule is C#CB(C#C)N(C(C)C)C(C)C.C#CB(C#C)N(C(C)C)C(C)C. The monoisotopic (exact) mass is 322 g/mol. The summed E-state index contributed by atoms with van der Waals surface area (Å²) in [5, 5.41) is 0. The van der Waals surface area contributed by atoms with Crippen LogP contribution in [0.3, 0.4) is 0 Å². The minimum atomic E-state index is -0.176. The van der Waals surface area contributed by atoms with Gasteiger partial charge in [-0.15, -0.1) is 49.0 Å². The van der Waals surface area contributed by atoms with E-state index in [1.54, 1.807) is 0 Å². The van der Waals surface area contributed by atoms with E-state index in [0.717, 1.165) is 0 Å². The predicted molar refractivity (Wildman–Crippen MR) is 111 cm³/mol. The van der Waals surface area contributed by atoms with Crippen LogP contribution in [0.2, 0.25) is 0 Å². The fraction of sp³-hybridized carbons (Fsp3) is 0.600. The standard InChI is InChI=1S/2C10H16BN/c2*1-7-11(8-2)12(9(3)4)10(5)6/h2*1-2,9-10H,3-6H3. The van der Waals surface area contributed by atoms with Crippen molar-refractivity contribution in [3.63, 3.8) is 0 Å². The van der Waals surface area contributed by atoms with Crippen molar-refractivity contribution in [1.29, 1.82) is 0 Å². The third-order valence-electron chi connectivity index (χ3n) is 3.61. The van der Waals surface area contributed by atoms with Gasteiger partial charge in [0.1, 0.15) is 0 Å². The van der Waals surface area contributed by atoms with Gasteiger partial charge in [-0.3, -0.25) is 0 Å². The third kappa shape index (κ3) is 8.23. The Labute approximate surface area is 152 Å². The zero-order valence-electron chi connectivity index (χ0n) is 16.7. The smallest absolute Gasteiger partial charge is 0.316 e. The first-order valence-corrected chi connectivity index (χ1v) is 8.48. The van der Waals surface area contributed by atoms with Crippen LogP contribution in [-0.2, 0) is 0 Å². The van der Waals surface area contributed by atoms with Crippen molar-refractivity contribution in [2.24, 2.45) is 0 Å². The highest BCUT2D eigenvalue weighted by Gasteiger charge is 2.25. The van der Waals surface area contributed by atoms with Crippen LogP contribution in [0.1, 0.15) is 55.4 Å². The van der Waals surface area contributed by atoms with E-state index >= 15 is 0 Å². The molecule has 0 heterocycles. The van der Waals surface area contributed by atoms with Gasteiger partial charge in [-0.25, -0.2) is 0 Å². The van der Waals surface area contributed by atoms with E-state index in [1.807, 2.05) is 0 Å². The molecule has 0 amide bonds. The molecule has 0 fully saturated rings. The number of nitrogens with zero attached hydrogens (tertiary/aromatic N) is 2. The topological polar surface area (TPSA) is 6.48 Å². The van der Waals surface area contributed by atoms with E-state index in [2.05, 4.69) is 88.3 Å². The lowest BCUT2D eigenvalue weighted by Crippen LogP contribution is -2.47. The van der Waals surface area contributed by atoms with Gasteiger partial charge in [-0.2, -0.15) is 0 Å². The Hall–Kier alpha value is -1.71. The van der Waals surface area contributed by atoms with Crippen LogP contribution in [0.4, 0.5) is 0 Å². The van der Waals surface area contributed by atoms with Crippen LogP contribution >= 0.6 is 0 Å². The fourth-order valence-electron chi connectivity index (χ4n) is 2.83. The summed E-state index contributed by atoms with van der Waals surface area (Å²) in [4.78, 5) is 4.28. The van der Waals surface area contributed by atoms with Gasteiger partial charge in [0, 0.05) is 0 Å². The van der Waals surface area contributed by atoms with Crippen molar-refractivity contribution in [1.82, 2.24) is 9.62 Å². The molecular formula is C20H32B2N2. The van der Waals surface area contributed by atoms with Gasteiger partial charge in [0.2, 0.25) is 0 Å². The summed E-state index contributed by atoms with van der Waals surface area (Å²) in [5.74, 6) is 10.4. The number of hydrogen-bond acceptors (Lipinski definition) is 2. The first kappa shape index (κ1) is 24.5. The van der Waals surface area contributed by atoms with Gasteiger partial charge in [-0.1, -0.05) is 55.4 Å². The second kappa shape index (κ2) is 12.7. The molecule has 24 heavy (non-hydrogen) atoms. The number of hydrogen-bond donors (Lipinski definition) is 0. The molecule has 0 radical (unpaired) electrons. The lowest BCUT2D eigenvalue weighted by Gasteiger charge is -2.31. The molecule has 0 aromatic carbocycles. The summed E-state index contributed by atoms with van der Waals surface area (Å²) in [5.41, 5.74) is 0. The van der Waals surface area contributed by atoms with Gasteiger partial charge >= 0.3 is 13.7 Å². The van der Waals surface area contributed by atoms with E-state index in [-0.39, 0.29) is 13.7 Å². The molecule has 0 aliphatic rings. The Bertz CT molecular complexity index is 418. The maximum atomic E-state index is 5.33. The molecule has 0 saturated heterocycles. The minimum absolute atomic E-state index is 0.176. The van der Waals surface area contributed by atoms with Gasteiger partial charge in [0.15, 0.2) is 0 Å². The first-order valence-electron chi connectivity index (χ1n) is 8.48. The van der Waals surface area contributed by atoms with Crippen molar-refractivity contribution in [2.45, 2.75) is 79.6 Å². The molecule has 0 aromatic rings. The highest BCUT2D eigenvalue weighted by molar-refractivity contribution is 6.73. The van der Waals surface area contributed by atoms with Gasteiger partial charge in [0.05, 0.1) is 0 Å².